The summed E-state index contributed by atoms with van der Waals surface area (Å²) in [6, 6.07) is 12.3. The number of unbranched alkanes of at least 4 members (excludes halogenated alkanes) is 2. The van der Waals surface area contributed by atoms with E-state index in [2.05, 4.69) is 48.3 Å². The molecule has 0 radical (unpaired) electrons. The van der Waals surface area contributed by atoms with Gasteiger partial charge in [0.15, 0.2) is 0 Å². The predicted molar refractivity (Wildman–Crippen MR) is 100 cm³/mol. The average Bonchev–Trinajstić information content (AvgIpc) is 2.61. The molecular formula is C21H25NO3. The Hall–Kier alpha value is -2.51. The maximum atomic E-state index is 10.6. The fourth-order valence-electron chi connectivity index (χ4n) is 2.35. The highest BCUT2D eigenvalue weighted by atomic mass is 16.5. The van der Waals surface area contributed by atoms with E-state index in [1.54, 1.807) is 0 Å². The molecule has 0 saturated heterocycles. The van der Waals surface area contributed by atoms with Gasteiger partial charge in [-0.15, -0.1) is 0 Å². The lowest BCUT2D eigenvalue weighted by atomic mass is 10.1. The molecule has 25 heavy (non-hydrogen) atoms. The van der Waals surface area contributed by atoms with Crippen molar-refractivity contribution in [1.29, 1.82) is 0 Å². The number of rotatable bonds is 8. The fraction of sp³-hybridized carbons (Fsp3) is 0.381. The second kappa shape index (κ2) is 10.4. The summed E-state index contributed by atoms with van der Waals surface area (Å²) in [5.74, 6) is 6.73. The summed E-state index contributed by atoms with van der Waals surface area (Å²) in [6.45, 7) is 4.98. The molecule has 0 aromatic heterocycles. The third-order valence-electron chi connectivity index (χ3n) is 3.65. The molecule has 4 nitrogen and oxygen atoms in total. The van der Waals surface area contributed by atoms with Crippen molar-refractivity contribution in [3.05, 3.63) is 42.0 Å². The monoisotopic (exact) mass is 339 g/mol. The number of carbonyl (C=O) groups excluding carboxylic acids is 1. The molecule has 0 heterocycles. The molecule has 0 saturated carbocycles. The first-order chi connectivity index (χ1) is 12.2. The second-order valence-corrected chi connectivity index (χ2v) is 5.79. The maximum Gasteiger partial charge on any atom is 0.303 e. The van der Waals surface area contributed by atoms with Crippen molar-refractivity contribution in [2.75, 3.05) is 19.9 Å². The number of esters is 1. The highest BCUT2D eigenvalue weighted by molar-refractivity contribution is 5.85. The van der Waals surface area contributed by atoms with Gasteiger partial charge in [0.2, 0.25) is 0 Å². The Kier molecular flexibility index (Phi) is 7.81. The zero-order valence-corrected chi connectivity index (χ0v) is 14.9. The van der Waals surface area contributed by atoms with Gasteiger partial charge in [-0.25, -0.2) is 0 Å². The summed E-state index contributed by atoms with van der Waals surface area (Å²) < 4.78 is 10.6. The highest BCUT2D eigenvalue weighted by Gasteiger charge is 1.99. The fourth-order valence-corrected chi connectivity index (χ4v) is 2.35. The molecule has 0 bridgehead atoms. The minimum atomic E-state index is -0.302. The van der Waals surface area contributed by atoms with Crippen LogP contribution in [0.5, 0.6) is 5.75 Å². The largest absolute Gasteiger partial charge is 0.494 e. The van der Waals surface area contributed by atoms with Crippen LogP contribution in [-0.2, 0) is 9.53 Å². The highest BCUT2D eigenvalue weighted by Crippen LogP contribution is 2.22. The van der Waals surface area contributed by atoms with E-state index < -0.39 is 0 Å². The molecule has 0 fully saturated rings. The van der Waals surface area contributed by atoms with Crippen LogP contribution >= 0.6 is 0 Å². The van der Waals surface area contributed by atoms with Crippen LogP contribution in [0.4, 0.5) is 0 Å². The van der Waals surface area contributed by atoms with Crippen LogP contribution in [0.25, 0.3) is 10.8 Å². The van der Waals surface area contributed by atoms with Crippen LogP contribution in [0.2, 0.25) is 0 Å². The quantitative estimate of drug-likeness (QED) is 0.343. The number of hydrogen-bond acceptors (Lipinski definition) is 4. The van der Waals surface area contributed by atoms with E-state index in [0.717, 1.165) is 35.1 Å². The van der Waals surface area contributed by atoms with Crippen LogP contribution < -0.4 is 10.1 Å². The summed E-state index contributed by atoms with van der Waals surface area (Å²) in [7, 11) is 0. The van der Waals surface area contributed by atoms with Crippen LogP contribution in [0.15, 0.2) is 36.4 Å². The Labute approximate surface area is 149 Å². The van der Waals surface area contributed by atoms with Gasteiger partial charge >= 0.3 is 5.97 Å². The first-order valence-corrected chi connectivity index (χ1v) is 8.68. The van der Waals surface area contributed by atoms with Crippen LogP contribution in [0.1, 0.15) is 38.7 Å². The van der Waals surface area contributed by atoms with Gasteiger partial charge in [0.25, 0.3) is 0 Å². The molecule has 0 spiro atoms. The van der Waals surface area contributed by atoms with Crippen molar-refractivity contribution in [3.63, 3.8) is 0 Å². The van der Waals surface area contributed by atoms with Gasteiger partial charge < -0.3 is 9.47 Å². The summed E-state index contributed by atoms with van der Waals surface area (Å²) in [4.78, 5) is 10.6. The summed E-state index contributed by atoms with van der Waals surface area (Å²) in [5.41, 5.74) is 0.957. The van der Waals surface area contributed by atoms with Crippen LogP contribution in [0, 0.1) is 11.8 Å². The topological polar surface area (TPSA) is 47.6 Å². The smallest absolute Gasteiger partial charge is 0.303 e. The van der Waals surface area contributed by atoms with Gasteiger partial charge in [-0.3, -0.25) is 10.1 Å². The van der Waals surface area contributed by atoms with Crippen molar-refractivity contribution >= 4 is 16.7 Å². The molecule has 0 unspecified atom stereocenters. The van der Waals surface area contributed by atoms with Gasteiger partial charge in [0.1, 0.15) is 12.5 Å². The molecule has 1 N–H and O–H groups in total. The standard InChI is InChI=1S/C21H25NO3/c1-3-4-5-13-24-21-11-10-19-14-18(8-9-20(19)15-21)7-6-12-22-16-25-17(2)23/h8-11,14-15,22H,3-5,12-13,16H2,1-2H3. The number of hydrogen-bond donors (Lipinski definition) is 1. The first kappa shape index (κ1) is 18.8. The molecule has 2 rings (SSSR count). The van der Waals surface area contributed by atoms with Crippen molar-refractivity contribution in [2.24, 2.45) is 0 Å². The SMILES string of the molecule is CCCCCOc1ccc2cc(C#CCNCOC(C)=O)ccc2c1. The van der Waals surface area contributed by atoms with Crippen LogP contribution in [0.3, 0.4) is 0 Å². The molecule has 0 aliphatic rings. The van der Waals surface area contributed by atoms with E-state index in [9.17, 15) is 4.79 Å². The van der Waals surface area contributed by atoms with E-state index in [1.165, 1.54) is 19.8 Å². The third kappa shape index (κ3) is 6.86. The minimum Gasteiger partial charge on any atom is -0.494 e. The van der Waals surface area contributed by atoms with Gasteiger partial charge in [-0.05, 0) is 41.5 Å². The molecule has 2 aromatic rings. The molecule has 4 heteroatoms. The molecule has 2 aromatic carbocycles. The minimum absolute atomic E-state index is 0.183. The van der Waals surface area contributed by atoms with E-state index >= 15 is 0 Å². The zero-order valence-electron chi connectivity index (χ0n) is 14.9. The second-order valence-electron chi connectivity index (χ2n) is 5.79. The first-order valence-electron chi connectivity index (χ1n) is 8.68. The number of fused-ring (bicyclic) bond motifs is 1. The van der Waals surface area contributed by atoms with Crippen molar-refractivity contribution in [2.45, 2.75) is 33.1 Å². The van der Waals surface area contributed by atoms with Crippen molar-refractivity contribution < 1.29 is 14.3 Å². The van der Waals surface area contributed by atoms with E-state index in [4.69, 9.17) is 9.47 Å². The van der Waals surface area contributed by atoms with Gasteiger partial charge in [-0.1, -0.05) is 43.7 Å². The number of carbonyl (C=O) groups is 1. The lowest BCUT2D eigenvalue weighted by Crippen LogP contribution is -2.19. The Balaban J connectivity index is 1.90. The molecule has 0 aliphatic heterocycles. The van der Waals surface area contributed by atoms with Gasteiger partial charge in [0.05, 0.1) is 13.2 Å². The average molecular weight is 339 g/mol. The molecule has 0 atom stereocenters. The van der Waals surface area contributed by atoms with Gasteiger partial charge in [-0.2, -0.15) is 0 Å². The number of ether oxygens (including phenoxy) is 2. The summed E-state index contributed by atoms with van der Waals surface area (Å²) in [5, 5.41) is 5.21. The van der Waals surface area contributed by atoms with Gasteiger partial charge in [0, 0.05) is 12.5 Å². The normalized spacial score (nSPS) is 10.2. The lowest BCUT2D eigenvalue weighted by Gasteiger charge is -2.07. The van der Waals surface area contributed by atoms with E-state index in [0.29, 0.717) is 6.54 Å². The van der Waals surface area contributed by atoms with E-state index in [1.807, 2.05) is 12.1 Å². The maximum absolute atomic E-state index is 10.6. The van der Waals surface area contributed by atoms with Crippen molar-refractivity contribution in [1.82, 2.24) is 5.32 Å². The predicted octanol–water partition coefficient (Wildman–Crippen LogP) is 3.87. The zero-order chi connectivity index (χ0) is 17.9. The number of nitrogens with one attached hydrogen (secondary N) is 1. The van der Waals surface area contributed by atoms with Crippen LogP contribution in [-0.4, -0.2) is 25.9 Å². The third-order valence-corrected chi connectivity index (χ3v) is 3.65. The molecule has 0 amide bonds. The van der Waals surface area contributed by atoms with E-state index in [-0.39, 0.29) is 12.7 Å². The Bertz CT molecular complexity index is 759. The Morgan fingerprint density at radius 2 is 1.92 bits per heavy atom. The summed E-state index contributed by atoms with van der Waals surface area (Å²) >= 11 is 0. The Morgan fingerprint density at radius 1 is 1.12 bits per heavy atom. The molecule has 132 valence electrons. The summed E-state index contributed by atoms with van der Waals surface area (Å²) in [6.07, 6.45) is 3.49. The molecule has 0 aliphatic carbocycles. The molecular weight excluding hydrogens is 314 g/mol. The lowest BCUT2D eigenvalue weighted by molar-refractivity contribution is -0.141. The van der Waals surface area contributed by atoms with Crippen molar-refractivity contribution in [3.8, 4) is 17.6 Å². The number of benzene rings is 2. The Morgan fingerprint density at radius 3 is 2.72 bits per heavy atom.